The Morgan fingerprint density at radius 1 is 1.19 bits per heavy atom. The highest BCUT2D eigenvalue weighted by Crippen LogP contribution is 2.36. The first-order valence-corrected chi connectivity index (χ1v) is 11.5. The van der Waals surface area contributed by atoms with Crippen molar-refractivity contribution in [1.29, 1.82) is 0 Å². The highest BCUT2D eigenvalue weighted by Gasteiger charge is 2.51. The molecule has 32 heavy (non-hydrogen) atoms. The molecule has 3 heterocycles. The summed E-state index contributed by atoms with van der Waals surface area (Å²) < 4.78 is 5.97. The van der Waals surface area contributed by atoms with E-state index in [1.54, 1.807) is 30.2 Å². The standard InChI is InChI=1S/C25H32N4O3/c1-3-4-15-29-22-21(11-8-14-26-22)32-25(2,24(29)31)23(30)27-20-12-16-28(17-13-20)18-19-9-6-5-7-10-19/h5-11,14,20H,3-4,12-13,15-18H2,1-2H3,(H,27,30)/t25-/m1/s1. The minimum absolute atomic E-state index is 0.0298. The normalized spacial score (nSPS) is 21.7. The summed E-state index contributed by atoms with van der Waals surface area (Å²) in [6.45, 7) is 6.88. The zero-order valence-electron chi connectivity index (χ0n) is 18.9. The largest absolute Gasteiger partial charge is 0.464 e. The van der Waals surface area contributed by atoms with Gasteiger partial charge in [0, 0.05) is 38.4 Å². The van der Waals surface area contributed by atoms with Crippen molar-refractivity contribution >= 4 is 17.6 Å². The number of unbranched alkanes of at least 4 members (excludes halogenated alkanes) is 1. The number of aromatic nitrogens is 1. The molecule has 0 bridgehead atoms. The van der Waals surface area contributed by atoms with Crippen molar-refractivity contribution in [2.45, 2.75) is 57.7 Å². The summed E-state index contributed by atoms with van der Waals surface area (Å²) in [5, 5.41) is 3.09. The molecule has 0 unspecified atom stereocenters. The van der Waals surface area contributed by atoms with Crippen LogP contribution in [0.4, 0.5) is 5.82 Å². The molecule has 2 aliphatic heterocycles. The summed E-state index contributed by atoms with van der Waals surface area (Å²) >= 11 is 0. The van der Waals surface area contributed by atoms with Crippen LogP contribution in [0.1, 0.15) is 45.1 Å². The van der Waals surface area contributed by atoms with Crippen molar-refractivity contribution in [1.82, 2.24) is 15.2 Å². The Labute approximate surface area is 189 Å². The van der Waals surface area contributed by atoms with Gasteiger partial charge in [0.05, 0.1) is 0 Å². The van der Waals surface area contributed by atoms with Gasteiger partial charge in [0.25, 0.3) is 17.4 Å². The predicted molar refractivity (Wildman–Crippen MR) is 123 cm³/mol. The lowest BCUT2D eigenvalue weighted by Crippen LogP contribution is -2.64. The second-order valence-electron chi connectivity index (χ2n) is 8.78. The summed E-state index contributed by atoms with van der Waals surface area (Å²) in [6.07, 6.45) is 5.11. The van der Waals surface area contributed by atoms with E-state index in [-0.39, 0.29) is 17.9 Å². The number of amides is 2. The molecule has 170 valence electrons. The first-order valence-electron chi connectivity index (χ1n) is 11.5. The molecule has 2 aliphatic rings. The fraction of sp³-hybridized carbons (Fsp3) is 0.480. The fourth-order valence-electron chi connectivity index (χ4n) is 4.35. The summed E-state index contributed by atoms with van der Waals surface area (Å²) in [5.41, 5.74) is -0.298. The summed E-state index contributed by atoms with van der Waals surface area (Å²) in [7, 11) is 0. The molecule has 4 rings (SSSR count). The Kier molecular flexibility index (Phi) is 6.74. The molecule has 7 heteroatoms. The van der Waals surface area contributed by atoms with Crippen LogP contribution in [0.2, 0.25) is 0 Å². The second-order valence-corrected chi connectivity index (χ2v) is 8.78. The molecular formula is C25H32N4O3. The van der Waals surface area contributed by atoms with E-state index in [0.717, 1.165) is 45.3 Å². The average Bonchev–Trinajstić information content (AvgIpc) is 2.81. The molecule has 0 aliphatic carbocycles. The first kappa shape index (κ1) is 22.3. The number of pyridine rings is 1. The smallest absolute Gasteiger partial charge is 0.282 e. The van der Waals surface area contributed by atoms with Gasteiger partial charge in [0.1, 0.15) is 0 Å². The number of rotatable bonds is 7. The topological polar surface area (TPSA) is 74.8 Å². The van der Waals surface area contributed by atoms with Crippen molar-refractivity contribution < 1.29 is 14.3 Å². The molecule has 2 amide bonds. The number of hydrogen-bond donors (Lipinski definition) is 1. The van der Waals surface area contributed by atoms with Crippen LogP contribution in [0.15, 0.2) is 48.7 Å². The lowest BCUT2D eigenvalue weighted by atomic mass is 9.98. The van der Waals surface area contributed by atoms with Crippen LogP contribution in [0.25, 0.3) is 0 Å². The van der Waals surface area contributed by atoms with E-state index in [4.69, 9.17) is 4.74 Å². The van der Waals surface area contributed by atoms with Gasteiger partial charge in [-0.2, -0.15) is 0 Å². The van der Waals surface area contributed by atoms with Crippen LogP contribution < -0.4 is 15.0 Å². The van der Waals surface area contributed by atoms with Gasteiger partial charge in [0.15, 0.2) is 11.6 Å². The van der Waals surface area contributed by atoms with Gasteiger partial charge < -0.3 is 10.1 Å². The lowest BCUT2D eigenvalue weighted by molar-refractivity contribution is -0.149. The molecular weight excluding hydrogens is 404 g/mol. The minimum atomic E-state index is -1.59. The minimum Gasteiger partial charge on any atom is -0.464 e. The van der Waals surface area contributed by atoms with Crippen LogP contribution in [-0.4, -0.2) is 53.0 Å². The molecule has 1 fully saturated rings. The number of ether oxygens (including phenoxy) is 1. The van der Waals surface area contributed by atoms with E-state index in [0.29, 0.717) is 18.1 Å². The predicted octanol–water partition coefficient (Wildman–Crippen LogP) is 3.15. The average molecular weight is 437 g/mol. The number of carbonyl (C=O) groups is 2. The third-order valence-electron chi connectivity index (χ3n) is 6.31. The van der Waals surface area contributed by atoms with E-state index in [1.807, 2.05) is 6.07 Å². The van der Waals surface area contributed by atoms with Gasteiger partial charge in [-0.05, 0) is 43.9 Å². The van der Waals surface area contributed by atoms with Crippen molar-refractivity contribution in [2.24, 2.45) is 0 Å². The zero-order valence-corrected chi connectivity index (χ0v) is 18.9. The molecule has 7 nitrogen and oxygen atoms in total. The number of carbonyl (C=O) groups excluding carboxylic acids is 2. The van der Waals surface area contributed by atoms with Crippen molar-refractivity contribution in [3.63, 3.8) is 0 Å². The zero-order chi connectivity index (χ0) is 22.6. The molecule has 1 aromatic heterocycles. The number of anilines is 1. The Morgan fingerprint density at radius 2 is 1.94 bits per heavy atom. The Hall–Kier alpha value is -2.93. The first-order chi connectivity index (χ1) is 15.5. The number of nitrogens with one attached hydrogen (secondary N) is 1. The molecule has 0 saturated carbocycles. The van der Waals surface area contributed by atoms with E-state index < -0.39 is 5.60 Å². The molecule has 0 radical (unpaired) electrons. The van der Waals surface area contributed by atoms with Crippen molar-refractivity contribution in [2.75, 3.05) is 24.5 Å². The molecule has 1 saturated heterocycles. The molecule has 1 aromatic carbocycles. The summed E-state index contributed by atoms with van der Waals surface area (Å²) in [4.78, 5) is 35.0. The number of likely N-dealkylation sites (tertiary alicyclic amines) is 1. The Bertz CT molecular complexity index is 943. The van der Waals surface area contributed by atoms with E-state index in [9.17, 15) is 9.59 Å². The van der Waals surface area contributed by atoms with Gasteiger partial charge in [-0.25, -0.2) is 4.98 Å². The van der Waals surface area contributed by atoms with E-state index >= 15 is 0 Å². The lowest BCUT2D eigenvalue weighted by Gasteiger charge is -2.40. The quantitative estimate of drug-likeness (QED) is 0.675. The van der Waals surface area contributed by atoms with Gasteiger partial charge >= 0.3 is 0 Å². The maximum Gasteiger partial charge on any atom is 0.282 e. The fourth-order valence-corrected chi connectivity index (χ4v) is 4.35. The van der Waals surface area contributed by atoms with Gasteiger partial charge in [-0.3, -0.25) is 19.4 Å². The highest BCUT2D eigenvalue weighted by molar-refractivity contribution is 6.16. The second kappa shape index (κ2) is 9.69. The SMILES string of the molecule is CCCCN1C(=O)[C@@](C)(C(=O)NC2CCN(Cc3ccccc3)CC2)Oc2cccnc21. The highest BCUT2D eigenvalue weighted by atomic mass is 16.5. The number of benzene rings is 1. The molecule has 1 atom stereocenters. The van der Waals surface area contributed by atoms with Gasteiger partial charge in [-0.1, -0.05) is 43.7 Å². The van der Waals surface area contributed by atoms with Crippen LogP contribution in [0.3, 0.4) is 0 Å². The van der Waals surface area contributed by atoms with Crippen molar-refractivity contribution in [3.05, 3.63) is 54.2 Å². The van der Waals surface area contributed by atoms with Gasteiger partial charge in [-0.15, -0.1) is 0 Å². The van der Waals surface area contributed by atoms with Gasteiger partial charge in [0.2, 0.25) is 0 Å². The summed E-state index contributed by atoms with van der Waals surface area (Å²) in [5.74, 6) is 0.236. The number of nitrogens with zero attached hydrogens (tertiary/aromatic N) is 3. The van der Waals surface area contributed by atoms with Crippen LogP contribution >= 0.6 is 0 Å². The molecule has 2 aromatic rings. The summed E-state index contributed by atoms with van der Waals surface area (Å²) in [6, 6.07) is 14.0. The van der Waals surface area contributed by atoms with Crippen LogP contribution in [-0.2, 0) is 16.1 Å². The van der Waals surface area contributed by atoms with E-state index in [2.05, 4.69) is 46.4 Å². The molecule has 0 spiro atoms. The Balaban J connectivity index is 1.40. The van der Waals surface area contributed by atoms with E-state index in [1.165, 1.54) is 5.56 Å². The monoisotopic (exact) mass is 436 g/mol. The van der Waals surface area contributed by atoms with Crippen LogP contribution in [0, 0.1) is 0 Å². The number of piperidine rings is 1. The van der Waals surface area contributed by atoms with Crippen LogP contribution in [0.5, 0.6) is 5.75 Å². The number of fused-ring (bicyclic) bond motifs is 1. The number of hydrogen-bond acceptors (Lipinski definition) is 5. The maximum atomic E-state index is 13.3. The Morgan fingerprint density at radius 3 is 2.66 bits per heavy atom. The third kappa shape index (κ3) is 4.63. The maximum absolute atomic E-state index is 13.3. The molecule has 1 N–H and O–H groups in total. The third-order valence-corrected chi connectivity index (χ3v) is 6.31. The van der Waals surface area contributed by atoms with Crippen molar-refractivity contribution in [3.8, 4) is 5.75 Å².